The van der Waals surface area contributed by atoms with Gasteiger partial charge in [-0.05, 0) is 26.0 Å². The molecule has 0 aliphatic carbocycles. The number of rotatable bonds is 4. The summed E-state index contributed by atoms with van der Waals surface area (Å²) in [7, 11) is 0. The first-order chi connectivity index (χ1) is 8.56. The van der Waals surface area contributed by atoms with Gasteiger partial charge in [-0.1, -0.05) is 12.2 Å². The predicted octanol–water partition coefficient (Wildman–Crippen LogP) is 1.93. The summed E-state index contributed by atoms with van der Waals surface area (Å²) >= 11 is 4.88. The van der Waals surface area contributed by atoms with Crippen LogP contribution in [0.25, 0.3) is 0 Å². The molecule has 6 heteroatoms. The fourth-order valence-electron chi connectivity index (χ4n) is 1.47. The van der Waals surface area contributed by atoms with Crippen molar-refractivity contribution in [2.45, 2.75) is 20.4 Å². The van der Waals surface area contributed by atoms with Gasteiger partial charge in [-0.2, -0.15) is 0 Å². The van der Waals surface area contributed by atoms with Crippen LogP contribution in [-0.4, -0.2) is 15.0 Å². The van der Waals surface area contributed by atoms with Gasteiger partial charge in [0.05, 0.1) is 17.9 Å². The van der Waals surface area contributed by atoms with Crippen molar-refractivity contribution in [2.24, 2.45) is 5.73 Å². The molecule has 0 aromatic carbocycles. The zero-order valence-electron chi connectivity index (χ0n) is 10.2. The Morgan fingerprint density at radius 2 is 2.28 bits per heavy atom. The molecule has 18 heavy (non-hydrogen) atoms. The summed E-state index contributed by atoms with van der Waals surface area (Å²) in [4.78, 5) is 8.63. The Hall–Kier alpha value is -1.95. The minimum atomic E-state index is 0.279. The number of pyridine rings is 1. The van der Waals surface area contributed by atoms with Gasteiger partial charge in [-0.3, -0.25) is 4.98 Å². The molecular weight excluding hydrogens is 248 g/mol. The fourth-order valence-corrected chi connectivity index (χ4v) is 1.58. The van der Waals surface area contributed by atoms with Gasteiger partial charge in [0.2, 0.25) is 5.89 Å². The number of oxazole rings is 1. The summed E-state index contributed by atoms with van der Waals surface area (Å²) in [5, 5.41) is 3.19. The third kappa shape index (κ3) is 2.84. The quantitative estimate of drug-likeness (QED) is 0.820. The highest BCUT2D eigenvalue weighted by Gasteiger charge is 2.05. The zero-order valence-corrected chi connectivity index (χ0v) is 11.0. The number of aromatic nitrogens is 2. The molecule has 0 saturated heterocycles. The lowest BCUT2D eigenvalue weighted by atomic mass is 10.3. The third-order valence-corrected chi connectivity index (χ3v) is 2.74. The van der Waals surface area contributed by atoms with Crippen LogP contribution in [0.1, 0.15) is 23.0 Å². The molecule has 5 nitrogen and oxygen atoms in total. The van der Waals surface area contributed by atoms with Crippen LogP contribution in [0.15, 0.2) is 22.7 Å². The van der Waals surface area contributed by atoms with Gasteiger partial charge >= 0.3 is 0 Å². The second-order valence-electron chi connectivity index (χ2n) is 3.90. The van der Waals surface area contributed by atoms with Crippen molar-refractivity contribution in [1.82, 2.24) is 9.97 Å². The lowest BCUT2D eigenvalue weighted by Gasteiger charge is -2.05. The Labute approximate surface area is 110 Å². The van der Waals surface area contributed by atoms with E-state index in [1.54, 1.807) is 12.3 Å². The average Bonchev–Trinajstić information content (AvgIpc) is 2.67. The maximum atomic E-state index is 5.52. The van der Waals surface area contributed by atoms with Crippen molar-refractivity contribution in [3.63, 3.8) is 0 Å². The molecule has 0 atom stereocenters. The van der Waals surface area contributed by atoms with Gasteiger partial charge in [0, 0.05) is 11.9 Å². The second kappa shape index (κ2) is 5.14. The van der Waals surface area contributed by atoms with Crippen LogP contribution in [0.3, 0.4) is 0 Å². The van der Waals surface area contributed by atoms with Crippen molar-refractivity contribution >= 4 is 22.9 Å². The summed E-state index contributed by atoms with van der Waals surface area (Å²) in [5.41, 5.74) is 7.90. The smallest absolute Gasteiger partial charge is 0.213 e. The number of aryl methyl sites for hydroxylation is 2. The molecule has 2 aromatic heterocycles. The highest BCUT2D eigenvalue weighted by Crippen LogP contribution is 2.12. The van der Waals surface area contributed by atoms with E-state index in [1.807, 2.05) is 19.9 Å². The molecule has 2 rings (SSSR count). The third-order valence-electron chi connectivity index (χ3n) is 2.53. The van der Waals surface area contributed by atoms with E-state index in [2.05, 4.69) is 15.3 Å². The van der Waals surface area contributed by atoms with Crippen LogP contribution in [0.4, 0.5) is 5.69 Å². The van der Waals surface area contributed by atoms with Crippen LogP contribution in [0.5, 0.6) is 0 Å². The van der Waals surface area contributed by atoms with Crippen molar-refractivity contribution < 1.29 is 4.42 Å². The minimum Gasteiger partial charge on any atom is -0.444 e. The topological polar surface area (TPSA) is 77.0 Å². The van der Waals surface area contributed by atoms with Crippen LogP contribution < -0.4 is 11.1 Å². The highest BCUT2D eigenvalue weighted by atomic mass is 32.1. The number of thiocarbonyl (C=S) groups is 1. The van der Waals surface area contributed by atoms with Crippen molar-refractivity contribution in [2.75, 3.05) is 5.32 Å². The van der Waals surface area contributed by atoms with Crippen molar-refractivity contribution in [3.05, 3.63) is 41.4 Å². The largest absolute Gasteiger partial charge is 0.444 e. The summed E-state index contributed by atoms with van der Waals surface area (Å²) in [6, 6.07) is 3.63. The molecule has 0 amide bonds. The van der Waals surface area contributed by atoms with Gasteiger partial charge in [-0.15, -0.1) is 0 Å². The Morgan fingerprint density at radius 3 is 2.89 bits per heavy atom. The number of hydrogen-bond donors (Lipinski definition) is 2. The molecular formula is C12H14N4OS. The molecule has 2 heterocycles. The normalized spacial score (nSPS) is 10.3. The van der Waals surface area contributed by atoms with E-state index in [0.29, 0.717) is 18.1 Å². The zero-order chi connectivity index (χ0) is 13.1. The van der Waals surface area contributed by atoms with E-state index in [-0.39, 0.29) is 4.99 Å². The lowest BCUT2D eigenvalue weighted by molar-refractivity contribution is 0.478. The summed E-state index contributed by atoms with van der Waals surface area (Å²) in [5.74, 6) is 1.49. The van der Waals surface area contributed by atoms with Crippen LogP contribution >= 0.6 is 12.2 Å². The number of nitrogens with two attached hydrogens (primary N) is 1. The van der Waals surface area contributed by atoms with Crippen LogP contribution in [0.2, 0.25) is 0 Å². The first-order valence-electron chi connectivity index (χ1n) is 5.49. The molecule has 0 unspecified atom stereocenters. The average molecular weight is 262 g/mol. The maximum absolute atomic E-state index is 5.52. The van der Waals surface area contributed by atoms with Crippen LogP contribution in [0, 0.1) is 13.8 Å². The van der Waals surface area contributed by atoms with E-state index >= 15 is 0 Å². The van der Waals surface area contributed by atoms with Gasteiger partial charge in [0.1, 0.15) is 10.7 Å². The molecule has 0 aliphatic rings. The van der Waals surface area contributed by atoms with Gasteiger partial charge < -0.3 is 15.5 Å². The molecule has 3 N–H and O–H groups in total. The van der Waals surface area contributed by atoms with Gasteiger partial charge in [0.25, 0.3) is 0 Å². The Balaban J connectivity index is 2.06. The van der Waals surface area contributed by atoms with Crippen LogP contribution in [-0.2, 0) is 6.54 Å². The summed E-state index contributed by atoms with van der Waals surface area (Å²) in [6.07, 6.45) is 1.66. The second-order valence-corrected chi connectivity index (χ2v) is 4.34. The number of hydrogen-bond acceptors (Lipinski definition) is 5. The van der Waals surface area contributed by atoms with E-state index < -0.39 is 0 Å². The number of nitrogens with one attached hydrogen (secondary N) is 1. The summed E-state index contributed by atoms with van der Waals surface area (Å²) in [6.45, 7) is 4.32. The number of anilines is 1. The Morgan fingerprint density at radius 1 is 1.50 bits per heavy atom. The van der Waals surface area contributed by atoms with Gasteiger partial charge in [0.15, 0.2) is 0 Å². The molecule has 94 valence electrons. The van der Waals surface area contributed by atoms with Crippen molar-refractivity contribution in [1.29, 1.82) is 0 Å². The monoisotopic (exact) mass is 262 g/mol. The van der Waals surface area contributed by atoms with E-state index in [9.17, 15) is 0 Å². The highest BCUT2D eigenvalue weighted by molar-refractivity contribution is 7.80. The number of nitrogens with zero attached hydrogens (tertiary/aromatic N) is 2. The molecule has 0 radical (unpaired) electrons. The first-order valence-corrected chi connectivity index (χ1v) is 5.89. The molecule has 0 spiro atoms. The minimum absolute atomic E-state index is 0.279. The van der Waals surface area contributed by atoms with E-state index in [4.69, 9.17) is 22.4 Å². The first kappa shape index (κ1) is 12.5. The maximum Gasteiger partial charge on any atom is 0.213 e. The molecule has 0 fully saturated rings. The standard InChI is InChI=1S/C12H14N4OS/c1-7-8(2)17-11(16-7)6-15-9-3-4-14-10(5-9)12(13)18/h3-5H,6H2,1-2H3,(H2,13,18)(H,14,15). The Kier molecular flexibility index (Phi) is 3.57. The summed E-state index contributed by atoms with van der Waals surface area (Å²) < 4.78 is 5.47. The molecule has 0 bridgehead atoms. The Bertz CT molecular complexity index is 560. The molecule has 0 aliphatic heterocycles. The fraction of sp³-hybridized carbons (Fsp3) is 0.250. The van der Waals surface area contributed by atoms with Gasteiger partial charge in [-0.25, -0.2) is 4.98 Å². The van der Waals surface area contributed by atoms with E-state index in [1.165, 1.54) is 0 Å². The van der Waals surface area contributed by atoms with Crippen molar-refractivity contribution in [3.8, 4) is 0 Å². The van der Waals surface area contributed by atoms with E-state index in [0.717, 1.165) is 17.1 Å². The molecule has 0 saturated carbocycles. The SMILES string of the molecule is Cc1nc(CNc2ccnc(C(N)=S)c2)oc1C. The predicted molar refractivity (Wildman–Crippen MR) is 73.4 cm³/mol. The molecule has 2 aromatic rings. The lowest BCUT2D eigenvalue weighted by Crippen LogP contribution is -2.12.